The van der Waals surface area contributed by atoms with Gasteiger partial charge in [0.05, 0.1) is 6.10 Å². The van der Waals surface area contributed by atoms with Gasteiger partial charge in [0.1, 0.15) is 5.82 Å². The molecule has 1 aliphatic carbocycles. The summed E-state index contributed by atoms with van der Waals surface area (Å²) in [5.41, 5.74) is 0.516. The van der Waals surface area contributed by atoms with Gasteiger partial charge in [0.2, 0.25) is 0 Å². The van der Waals surface area contributed by atoms with Gasteiger partial charge in [0.25, 0.3) is 10.2 Å². The first-order valence-corrected chi connectivity index (χ1v) is 9.00. The molecule has 1 aromatic carbocycles. The molecule has 1 fully saturated rings. The molecule has 0 spiro atoms. The minimum atomic E-state index is -3.58. The summed E-state index contributed by atoms with van der Waals surface area (Å²) >= 11 is 0. The van der Waals surface area contributed by atoms with Gasteiger partial charge in [-0.3, -0.25) is 0 Å². The Kier molecular flexibility index (Phi) is 5.55. The Morgan fingerprint density at radius 3 is 2.23 bits per heavy atom. The van der Waals surface area contributed by atoms with Crippen molar-refractivity contribution < 1.29 is 17.9 Å². The fourth-order valence-electron chi connectivity index (χ4n) is 2.45. The molecule has 1 unspecified atom stereocenters. The average Bonchev–Trinajstić information content (AvgIpc) is 3.30. The zero-order valence-electron chi connectivity index (χ0n) is 12.9. The Balaban J connectivity index is 2.17. The highest BCUT2D eigenvalue weighted by Crippen LogP contribution is 2.32. The van der Waals surface area contributed by atoms with Crippen LogP contribution < -0.4 is 0 Å². The number of hydrogen-bond donors (Lipinski definition) is 1. The molecule has 1 N–H and O–H groups in total. The molecule has 22 heavy (non-hydrogen) atoms. The van der Waals surface area contributed by atoms with Gasteiger partial charge < -0.3 is 5.11 Å². The molecule has 1 atom stereocenters. The molecule has 0 saturated heterocycles. The predicted octanol–water partition coefficient (Wildman–Crippen LogP) is 1.91. The van der Waals surface area contributed by atoms with Crippen molar-refractivity contribution in [1.82, 2.24) is 8.61 Å². The summed E-state index contributed by atoms with van der Waals surface area (Å²) in [5.74, 6) is -0.384. The van der Waals surface area contributed by atoms with Crippen molar-refractivity contribution in [3.8, 4) is 0 Å². The summed E-state index contributed by atoms with van der Waals surface area (Å²) in [4.78, 5) is 0. The van der Waals surface area contributed by atoms with Crippen LogP contribution in [0.1, 0.15) is 38.4 Å². The first-order chi connectivity index (χ1) is 10.4. The normalized spacial score (nSPS) is 17.2. The van der Waals surface area contributed by atoms with E-state index in [1.807, 2.05) is 0 Å². The topological polar surface area (TPSA) is 60.9 Å². The molecular formula is C15H23FN2O3S. The van der Waals surface area contributed by atoms with Crippen LogP contribution in [-0.4, -0.2) is 47.8 Å². The van der Waals surface area contributed by atoms with E-state index in [2.05, 4.69) is 0 Å². The Morgan fingerprint density at radius 1 is 1.23 bits per heavy atom. The quantitative estimate of drug-likeness (QED) is 0.792. The van der Waals surface area contributed by atoms with Crippen molar-refractivity contribution in [3.63, 3.8) is 0 Å². The molecular weight excluding hydrogens is 307 g/mol. The number of rotatable bonds is 8. The summed E-state index contributed by atoms with van der Waals surface area (Å²) in [6.07, 6.45) is 0.666. The van der Waals surface area contributed by atoms with Crippen LogP contribution in [0.5, 0.6) is 0 Å². The van der Waals surface area contributed by atoms with E-state index < -0.39 is 16.3 Å². The lowest BCUT2D eigenvalue weighted by Gasteiger charge is -2.30. The fraction of sp³-hybridized carbons (Fsp3) is 0.600. The summed E-state index contributed by atoms with van der Waals surface area (Å²) in [5, 5.41) is 10.3. The monoisotopic (exact) mass is 330 g/mol. The Hall–Kier alpha value is -1.02. The van der Waals surface area contributed by atoms with Gasteiger partial charge in [-0.2, -0.15) is 17.0 Å². The fourth-order valence-corrected chi connectivity index (χ4v) is 4.32. The highest BCUT2D eigenvalue weighted by atomic mass is 32.2. The first-order valence-electron chi connectivity index (χ1n) is 7.60. The van der Waals surface area contributed by atoms with E-state index in [0.717, 1.165) is 12.8 Å². The number of nitrogens with zero attached hydrogens (tertiary/aromatic N) is 2. The van der Waals surface area contributed by atoms with Crippen LogP contribution in [0, 0.1) is 5.82 Å². The lowest BCUT2D eigenvalue weighted by atomic mass is 10.1. The maximum Gasteiger partial charge on any atom is 0.282 e. The largest absolute Gasteiger partial charge is 0.387 e. The summed E-state index contributed by atoms with van der Waals surface area (Å²) in [6.45, 7) is 4.38. The SMILES string of the molecule is CCN(CC)S(=O)(=O)N(CC(O)c1ccc(F)cc1)C1CC1. The van der Waals surface area contributed by atoms with Gasteiger partial charge in [-0.25, -0.2) is 4.39 Å². The van der Waals surface area contributed by atoms with Crippen LogP contribution in [0.3, 0.4) is 0 Å². The minimum Gasteiger partial charge on any atom is -0.387 e. The second-order valence-corrected chi connectivity index (χ2v) is 7.34. The van der Waals surface area contributed by atoms with Crippen molar-refractivity contribution in [2.75, 3.05) is 19.6 Å². The van der Waals surface area contributed by atoms with E-state index in [9.17, 15) is 17.9 Å². The third-order valence-electron chi connectivity index (χ3n) is 3.89. The lowest BCUT2D eigenvalue weighted by Crippen LogP contribution is -2.46. The standard InChI is InChI=1S/C15H23FN2O3S/c1-3-17(4-2)22(20,21)18(14-9-10-14)11-15(19)12-5-7-13(16)8-6-12/h5-8,14-15,19H,3-4,9-11H2,1-2H3. The van der Waals surface area contributed by atoms with E-state index in [1.54, 1.807) is 13.8 Å². The van der Waals surface area contributed by atoms with Gasteiger partial charge in [-0.15, -0.1) is 0 Å². The van der Waals surface area contributed by atoms with Crippen molar-refractivity contribution in [1.29, 1.82) is 0 Å². The van der Waals surface area contributed by atoms with Gasteiger partial charge in [0.15, 0.2) is 0 Å². The smallest absolute Gasteiger partial charge is 0.282 e. The molecule has 0 amide bonds. The first kappa shape index (κ1) is 17.3. The molecule has 124 valence electrons. The van der Waals surface area contributed by atoms with Crippen molar-refractivity contribution in [3.05, 3.63) is 35.6 Å². The van der Waals surface area contributed by atoms with Crippen molar-refractivity contribution in [2.24, 2.45) is 0 Å². The molecule has 0 aromatic heterocycles. The van der Waals surface area contributed by atoms with E-state index in [4.69, 9.17) is 0 Å². The maximum absolute atomic E-state index is 12.9. The molecule has 0 radical (unpaired) electrons. The summed E-state index contributed by atoms with van der Waals surface area (Å²) < 4.78 is 41.1. The van der Waals surface area contributed by atoms with Crippen molar-refractivity contribution >= 4 is 10.2 Å². The number of aliphatic hydroxyl groups is 1. The summed E-state index contributed by atoms with van der Waals surface area (Å²) in [7, 11) is -3.58. The molecule has 1 saturated carbocycles. The molecule has 0 aliphatic heterocycles. The number of aliphatic hydroxyl groups excluding tert-OH is 1. The Morgan fingerprint density at radius 2 is 1.77 bits per heavy atom. The number of benzene rings is 1. The number of halogens is 1. The van der Waals surface area contributed by atoms with E-state index in [0.29, 0.717) is 18.7 Å². The second-order valence-electron chi connectivity index (χ2n) is 5.46. The average molecular weight is 330 g/mol. The second kappa shape index (κ2) is 7.04. The van der Waals surface area contributed by atoms with Crippen molar-refractivity contribution in [2.45, 2.75) is 38.8 Å². The Bertz CT molecular complexity index is 583. The predicted molar refractivity (Wildman–Crippen MR) is 82.9 cm³/mol. The van der Waals surface area contributed by atoms with Crippen LogP contribution in [0.15, 0.2) is 24.3 Å². The highest BCUT2D eigenvalue weighted by Gasteiger charge is 2.40. The molecule has 0 bridgehead atoms. The van der Waals surface area contributed by atoms with Crippen LogP contribution in [0.4, 0.5) is 4.39 Å². The zero-order valence-corrected chi connectivity index (χ0v) is 13.8. The molecule has 0 heterocycles. The van der Waals surface area contributed by atoms with Crippen LogP contribution >= 0.6 is 0 Å². The van der Waals surface area contributed by atoms with Crippen LogP contribution in [0.25, 0.3) is 0 Å². The minimum absolute atomic E-state index is 0.00483. The molecule has 5 nitrogen and oxygen atoms in total. The van der Waals surface area contributed by atoms with E-state index >= 15 is 0 Å². The van der Waals surface area contributed by atoms with Gasteiger partial charge in [-0.05, 0) is 30.5 Å². The maximum atomic E-state index is 12.9. The number of hydrogen-bond acceptors (Lipinski definition) is 3. The molecule has 1 aliphatic rings. The van der Waals surface area contributed by atoms with E-state index in [1.165, 1.54) is 32.9 Å². The molecule has 1 aromatic rings. The summed E-state index contributed by atoms with van der Waals surface area (Å²) in [6, 6.07) is 5.45. The van der Waals surface area contributed by atoms with Crippen LogP contribution in [0.2, 0.25) is 0 Å². The van der Waals surface area contributed by atoms with Gasteiger partial charge >= 0.3 is 0 Å². The van der Waals surface area contributed by atoms with E-state index in [-0.39, 0.29) is 18.4 Å². The van der Waals surface area contributed by atoms with Crippen LogP contribution in [-0.2, 0) is 10.2 Å². The Labute approximate surface area is 131 Å². The molecule has 2 rings (SSSR count). The van der Waals surface area contributed by atoms with Gasteiger partial charge in [0, 0.05) is 25.7 Å². The highest BCUT2D eigenvalue weighted by molar-refractivity contribution is 7.86. The lowest BCUT2D eigenvalue weighted by molar-refractivity contribution is 0.142. The molecule has 7 heteroatoms. The third kappa shape index (κ3) is 3.84. The van der Waals surface area contributed by atoms with Gasteiger partial charge in [-0.1, -0.05) is 26.0 Å². The third-order valence-corrected chi connectivity index (χ3v) is 6.10. The zero-order chi connectivity index (χ0) is 16.3.